The maximum absolute atomic E-state index is 14.2. The van der Waals surface area contributed by atoms with Crippen LogP contribution >= 0.6 is 0 Å². The average Bonchev–Trinajstić information content (AvgIpc) is 3.54. The lowest BCUT2D eigenvalue weighted by atomic mass is 9.88. The van der Waals surface area contributed by atoms with E-state index in [0.717, 1.165) is 21.6 Å². The van der Waals surface area contributed by atoms with Crippen molar-refractivity contribution in [2.24, 2.45) is 0 Å². The molecule has 1 saturated heterocycles. The van der Waals surface area contributed by atoms with E-state index in [9.17, 15) is 19.7 Å². The highest BCUT2D eigenvalue weighted by Crippen LogP contribution is 2.38. The Kier molecular flexibility index (Phi) is 6.04. The summed E-state index contributed by atoms with van der Waals surface area (Å²) in [5.74, 6) is -0.984. The predicted molar refractivity (Wildman–Crippen MR) is 135 cm³/mol. The third-order valence-electron chi connectivity index (χ3n) is 6.86. The molecule has 9 nitrogen and oxygen atoms in total. The summed E-state index contributed by atoms with van der Waals surface area (Å²) in [6.45, 7) is 3.36. The van der Waals surface area contributed by atoms with Crippen LogP contribution in [0.1, 0.15) is 31.1 Å². The molecule has 37 heavy (non-hydrogen) atoms. The fourth-order valence-electron chi connectivity index (χ4n) is 4.71. The largest absolute Gasteiger partial charge is 0.439 e. The molecule has 0 radical (unpaired) electrons. The summed E-state index contributed by atoms with van der Waals surface area (Å²) in [7, 11) is 0. The van der Waals surface area contributed by atoms with E-state index in [2.05, 4.69) is 4.98 Å². The molecule has 0 spiro atoms. The molecule has 0 bridgehead atoms. The van der Waals surface area contributed by atoms with Crippen LogP contribution in [0.2, 0.25) is 0 Å². The van der Waals surface area contributed by atoms with Gasteiger partial charge in [-0.2, -0.15) is 0 Å². The van der Waals surface area contributed by atoms with Gasteiger partial charge in [0.05, 0.1) is 6.04 Å². The molecule has 1 aromatic heterocycles. The maximum Gasteiger partial charge on any atom is 0.417 e. The molecule has 0 aliphatic carbocycles. The number of benzene rings is 3. The molecule has 186 valence electrons. The smallest absolute Gasteiger partial charge is 0.417 e. The Morgan fingerprint density at radius 2 is 1.57 bits per heavy atom. The zero-order valence-corrected chi connectivity index (χ0v) is 20.2. The molecule has 2 heterocycles. The Labute approximate surface area is 213 Å². The highest BCUT2D eigenvalue weighted by atomic mass is 16.6. The van der Waals surface area contributed by atoms with Gasteiger partial charge in [0, 0.05) is 0 Å². The number of hydrogen-bond donors (Lipinski definition) is 0. The molecule has 1 aliphatic heterocycles. The van der Waals surface area contributed by atoms with Crippen LogP contribution in [-0.2, 0) is 15.1 Å². The number of hydrogen-bond acceptors (Lipinski definition) is 6. The van der Waals surface area contributed by atoms with Gasteiger partial charge < -0.3 is 14.9 Å². The second-order valence-corrected chi connectivity index (χ2v) is 9.04. The highest BCUT2D eigenvalue weighted by Gasteiger charge is 2.51. The summed E-state index contributed by atoms with van der Waals surface area (Å²) in [6.07, 6.45) is 1.03. The Hall–Kier alpha value is -4.79. The minimum absolute atomic E-state index is 0.404. The van der Waals surface area contributed by atoms with Crippen LogP contribution in [-0.4, -0.2) is 37.4 Å². The molecule has 3 aromatic carbocycles. The van der Waals surface area contributed by atoms with Gasteiger partial charge in [0.2, 0.25) is 6.33 Å². The van der Waals surface area contributed by atoms with Gasteiger partial charge >= 0.3 is 11.9 Å². The van der Waals surface area contributed by atoms with E-state index < -0.39 is 40.4 Å². The zero-order chi connectivity index (χ0) is 26.2. The van der Waals surface area contributed by atoms with Gasteiger partial charge in [0.1, 0.15) is 17.8 Å². The summed E-state index contributed by atoms with van der Waals surface area (Å²) in [5.41, 5.74) is 1.73. The molecule has 4 aromatic rings. The van der Waals surface area contributed by atoms with Crippen LogP contribution in [0.3, 0.4) is 0 Å². The number of carbonyl (C=O) groups is 2. The topological polar surface area (TPSA) is 108 Å². The second-order valence-electron chi connectivity index (χ2n) is 9.04. The standard InChI is InChI=1S/C28H24N4O5/c1-19-25(22-11-7-4-8-12-22)37-27(34)31(19)26(33)28(2,30-17-24(29-18-30)32(35)36)23-15-13-21(14-16-23)20-9-5-3-6-10-20/h3-19,25H,1-2H3/t19-,25-,28?/m1/s1. The van der Waals surface area contributed by atoms with Crippen molar-refractivity contribution >= 4 is 17.8 Å². The molecular weight excluding hydrogens is 472 g/mol. The first kappa shape index (κ1) is 23.9. The first-order valence-electron chi connectivity index (χ1n) is 11.7. The van der Waals surface area contributed by atoms with E-state index in [4.69, 9.17) is 4.74 Å². The van der Waals surface area contributed by atoms with Crippen molar-refractivity contribution in [3.63, 3.8) is 0 Å². The molecule has 5 rings (SSSR count). The van der Waals surface area contributed by atoms with Crippen molar-refractivity contribution < 1.29 is 19.2 Å². The van der Waals surface area contributed by atoms with Crippen molar-refractivity contribution in [1.29, 1.82) is 0 Å². The van der Waals surface area contributed by atoms with Crippen molar-refractivity contribution in [1.82, 2.24) is 14.5 Å². The van der Waals surface area contributed by atoms with Crippen molar-refractivity contribution in [2.45, 2.75) is 31.5 Å². The van der Waals surface area contributed by atoms with Gasteiger partial charge in [-0.3, -0.25) is 9.36 Å². The Balaban J connectivity index is 1.57. The molecule has 9 heteroatoms. The Morgan fingerprint density at radius 1 is 0.973 bits per heavy atom. The lowest BCUT2D eigenvalue weighted by molar-refractivity contribution is -0.389. The summed E-state index contributed by atoms with van der Waals surface area (Å²) in [6, 6.07) is 25.7. The number of imidazole rings is 1. The zero-order valence-electron chi connectivity index (χ0n) is 20.2. The van der Waals surface area contributed by atoms with Crippen LogP contribution in [0, 0.1) is 10.1 Å². The summed E-state index contributed by atoms with van der Waals surface area (Å²) < 4.78 is 6.99. The third kappa shape index (κ3) is 4.14. The number of cyclic esters (lactones) is 1. The van der Waals surface area contributed by atoms with Crippen LogP contribution in [0.5, 0.6) is 0 Å². The van der Waals surface area contributed by atoms with E-state index in [-0.39, 0.29) is 0 Å². The summed E-state index contributed by atoms with van der Waals surface area (Å²) in [5, 5.41) is 11.4. The fraction of sp³-hybridized carbons (Fsp3) is 0.179. The first-order chi connectivity index (χ1) is 17.8. The number of nitro groups is 1. The van der Waals surface area contributed by atoms with Gasteiger partial charge in [-0.05, 0) is 46.0 Å². The Morgan fingerprint density at radius 3 is 2.16 bits per heavy atom. The summed E-state index contributed by atoms with van der Waals surface area (Å²) >= 11 is 0. The number of carbonyl (C=O) groups excluding carboxylic acids is 2. The molecule has 1 unspecified atom stereocenters. The van der Waals surface area contributed by atoms with Gasteiger partial charge in [-0.1, -0.05) is 84.9 Å². The lowest BCUT2D eigenvalue weighted by Crippen LogP contribution is -2.52. The number of amides is 2. The molecule has 0 N–H and O–H groups in total. The van der Waals surface area contributed by atoms with Gasteiger partial charge in [-0.25, -0.2) is 9.69 Å². The maximum atomic E-state index is 14.2. The van der Waals surface area contributed by atoms with E-state index in [0.29, 0.717) is 5.56 Å². The minimum Gasteiger partial charge on any atom is -0.439 e. The van der Waals surface area contributed by atoms with Gasteiger partial charge in [-0.15, -0.1) is 0 Å². The predicted octanol–water partition coefficient (Wildman–Crippen LogP) is 5.33. The van der Waals surface area contributed by atoms with Gasteiger partial charge in [0.25, 0.3) is 5.91 Å². The van der Waals surface area contributed by atoms with Crippen LogP contribution in [0.4, 0.5) is 10.6 Å². The molecule has 0 saturated carbocycles. The Bertz CT molecular complexity index is 1450. The van der Waals surface area contributed by atoms with Crippen LogP contribution < -0.4 is 0 Å². The van der Waals surface area contributed by atoms with Crippen molar-refractivity contribution in [3.05, 3.63) is 119 Å². The second kappa shape index (κ2) is 9.34. The lowest BCUT2D eigenvalue weighted by Gasteiger charge is -2.33. The third-order valence-corrected chi connectivity index (χ3v) is 6.86. The van der Waals surface area contributed by atoms with E-state index >= 15 is 0 Å². The van der Waals surface area contributed by atoms with E-state index in [1.807, 2.05) is 72.8 Å². The molecular formula is C28H24N4O5. The number of ether oxygens (including phenoxy) is 1. The molecule has 2 amide bonds. The fourth-order valence-corrected chi connectivity index (χ4v) is 4.71. The van der Waals surface area contributed by atoms with Gasteiger partial charge in [0.15, 0.2) is 0 Å². The minimum atomic E-state index is -1.52. The molecule has 1 aliphatic rings. The van der Waals surface area contributed by atoms with Crippen molar-refractivity contribution in [2.75, 3.05) is 0 Å². The average molecular weight is 497 g/mol. The van der Waals surface area contributed by atoms with Crippen LogP contribution in [0.15, 0.2) is 97.5 Å². The number of rotatable bonds is 6. The quantitative estimate of drug-likeness (QED) is 0.264. The molecule has 3 atom stereocenters. The highest BCUT2D eigenvalue weighted by molar-refractivity contribution is 5.99. The number of imide groups is 1. The monoisotopic (exact) mass is 496 g/mol. The normalized spacial score (nSPS) is 18.8. The summed E-state index contributed by atoms with van der Waals surface area (Å²) in [4.78, 5) is 42.9. The van der Waals surface area contributed by atoms with Crippen molar-refractivity contribution in [3.8, 4) is 11.1 Å². The van der Waals surface area contributed by atoms with E-state index in [1.165, 1.54) is 17.1 Å². The first-order valence-corrected chi connectivity index (χ1v) is 11.7. The molecule has 1 fully saturated rings. The van der Waals surface area contributed by atoms with Crippen LogP contribution in [0.25, 0.3) is 11.1 Å². The number of nitrogens with zero attached hydrogens (tertiary/aromatic N) is 4. The number of aromatic nitrogens is 2. The SMILES string of the molecule is C[C@@H]1[C@H](c2ccccc2)OC(=O)N1C(=O)C(C)(c1ccc(-c2ccccc2)cc1)n1cnc([N+](=O)[O-])c1. The van der Waals surface area contributed by atoms with E-state index in [1.54, 1.807) is 26.0 Å².